The zero-order chi connectivity index (χ0) is 28.8. The Hall–Kier alpha value is -4.22. The van der Waals surface area contributed by atoms with Crippen molar-refractivity contribution in [2.24, 2.45) is 0 Å². The van der Waals surface area contributed by atoms with Crippen LogP contribution in [0.4, 0.5) is 11.4 Å². The molecule has 1 saturated heterocycles. The summed E-state index contributed by atoms with van der Waals surface area (Å²) in [5.41, 5.74) is 2.37. The number of nitrogens with one attached hydrogen (secondary N) is 2. The molecule has 1 aliphatic rings. The molecule has 1 aliphatic heterocycles. The fourth-order valence-corrected chi connectivity index (χ4v) is 5.61. The van der Waals surface area contributed by atoms with Crippen molar-refractivity contribution in [3.8, 4) is 0 Å². The van der Waals surface area contributed by atoms with Crippen LogP contribution in [0.15, 0.2) is 120 Å². The summed E-state index contributed by atoms with van der Waals surface area (Å²) in [6.45, 7) is 0. The molecule has 4 aromatic rings. The van der Waals surface area contributed by atoms with Crippen molar-refractivity contribution >= 4 is 75.4 Å². The van der Waals surface area contributed by atoms with Crippen molar-refractivity contribution in [3.05, 3.63) is 130 Å². The maximum absolute atomic E-state index is 13.2. The summed E-state index contributed by atoms with van der Waals surface area (Å²) in [6, 6.07) is 32.2. The molecule has 4 amide bonds. The summed E-state index contributed by atoms with van der Waals surface area (Å²) < 4.78 is 1.02. The highest BCUT2D eigenvalue weighted by atomic mass is 127. The predicted octanol–water partition coefficient (Wildman–Crippen LogP) is 6.13. The second-order valence-corrected chi connectivity index (χ2v) is 11.6. The third-order valence-corrected chi connectivity index (χ3v) is 8.14. The van der Waals surface area contributed by atoms with Gasteiger partial charge >= 0.3 is 0 Å². The van der Waals surface area contributed by atoms with Crippen molar-refractivity contribution < 1.29 is 19.2 Å². The highest BCUT2D eigenvalue weighted by molar-refractivity contribution is 14.1. The molecule has 1 heterocycles. The zero-order valence-electron chi connectivity index (χ0n) is 21.6. The minimum atomic E-state index is -0.532. The maximum Gasteiger partial charge on any atom is 0.272 e. The molecule has 0 aliphatic carbocycles. The van der Waals surface area contributed by atoms with Crippen LogP contribution in [0.5, 0.6) is 0 Å². The van der Waals surface area contributed by atoms with Crippen molar-refractivity contribution in [2.45, 2.75) is 16.6 Å². The molecule has 5 rings (SSSR count). The number of carbonyl (C=O) groups excluding carboxylic acids is 4. The van der Waals surface area contributed by atoms with Crippen LogP contribution >= 0.6 is 34.4 Å². The Balaban J connectivity index is 1.26. The molecular formula is C32H24IN3O4S. The van der Waals surface area contributed by atoms with Gasteiger partial charge < -0.3 is 10.6 Å². The SMILES string of the molecule is O=C(Nc1ccc(SC2CC(=O)N(c3ccc(I)cc3)C2=O)cc1)/C(=C/c1ccccc1)NC(=O)c1ccccc1. The molecule has 1 atom stereocenters. The first-order valence-corrected chi connectivity index (χ1v) is 14.7. The average molecular weight is 674 g/mol. The minimum absolute atomic E-state index is 0.0919. The number of nitrogens with zero attached hydrogens (tertiary/aromatic N) is 1. The third kappa shape index (κ3) is 7.11. The van der Waals surface area contributed by atoms with Gasteiger partial charge in [0.25, 0.3) is 11.8 Å². The summed E-state index contributed by atoms with van der Waals surface area (Å²) in [6.07, 6.45) is 1.73. The summed E-state index contributed by atoms with van der Waals surface area (Å²) >= 11 is 3.49. The molecule has 0 aromatic heterocycles. The van der Waals surface area contributed by atoms with Gasteiger partial charge in [0.05, 0.1) is 10.9 Å². The Morgan fingerprint density at radius 2 is 1.46 bits per heavy atom. The largest absolute Gasteiger partial charge is 0.321 e. The van der Waals surface area contributed by atoms with Gasteiger partial charge in [-0.05, 0) is 94.9 Å². The molecular weight excluding hydrogens is 649 g/mol. The van der Waals surface area contributed by atoms with Gasteiger partial charge in [0.1, 0.15) is 5.70 Å². The molecule has 1 unspecified atom stereocenters. The number of imide groups is 1. The first kappa shape index (κ1) is 28.3. The van der Waals surface area contributed by atoms with Crippen LogP contribution in [-0.4, -0.2) is 28.9 Å². The van der Waals surface area contributed by atoms with Gasteiger partial charge in [0, 0.05) is 26.1 Å². The lowest BCUT2D eigenvalue weighted by Gasteiger charge is -2.15. The zero-order valence-corrected chi connectivity index (χ0v) is 24.6. The first-order chi connectivity index (χ1) is 19.9. The minimum Gasteiger partial charge on any atom is -0.321 e. The molecule has 9 heteroatoms. The maximum atomic E-state index is 13.2. The molecule has 0 saturated carbocycles. The third-order valence-electron chi connectivity index (χ3n) is 6.22. The summed E-state index contributed by atoms with van der Waals surface area (Å²) in [5, 5.41) is 5.02. The first-order valence-electron chi connectivity index (χ1n) is 12.7. The Labute approximate surface area is 255 Å². The van der Waals surface area contributed by atoms with E-state index in [1.165, 1.54) is 16.7 Å². The van der Waals surface area contributed by atoms with Crippen LogP contribution in [0.25, 0.3) is 6.08 Å². The number of thioether (sulfide) groups is 1. The van der Waals surface area contributed by atoms with Crippen LogP contribution in [0.1, 0.15) is 22.3 Å². The van der Waals surface area contributed by atoms with E-state index in [0.29, 0.717) is 16.9 Å². The van der Waals surface area contributed by atoms with Crippen molar-refractivity contribution in [3.63, 3.8) is 0 Å². The van der Waals surface area contributed by atoms with Gasteiger partial charge in [-0.3, -0.25) is 19.2 Å². The summed E-state index contributed by atoms with van der Waals surface area (Å²) in [5.74, 6) is -1.36. The average Bonchev–Trinajstić information content (AvgIpc) is 3.27. The number of anilines is 2. The van der Waals surface area contributed by atoms with E-state index >= 15 is 0 Å². The van der Waals surface area contributed by atoms with Crippen LogP contribution in [-0.2, 0) is 14.4 Å². The molecule has 1 fully saturated rings. The van der Waals surface area contributed by atoms with Gasteiger partial charge in [0.2, 0.25) is 11.8 Å². The van der Waals surface area contributed by atoms with E-state index in [9.17, 15) is 19.2 Å². The molecule has 7 nitrogen and oxygen atoms in total. The van der Waals surface area contributed by atoms with Crippen LogP contribution in [0.3, 0.4) is 0 Å². The molecule has 0 bridgehead atoms. The Morgan fingerprint density at radius 1 is 0.829 bits per heavy atom. The van der Waals surface area contributed by atoms with Gasteiger partial charge in [-0.15, -0.1) is 11.8 Å². The number of hydrogen-bond acceptors (Lipinski definition) is 5. The smallest absolute Gasteiger partial charge is 0.272 e. The number of rotatable bonds is 8. The lowest BCUT2D eigenvalue weighted by atomic mass is 10.1. The topological polar surface area (TPSA) is 95.6 Å². The molecule has 0 radical (unpaired) electrons. The van der Waals surface area contributed by atoms with Crippen LogP contribution < -0.4 is 15.5 Å². The standard InChI is InChI=1S/C32H24IN3O4S/c33-23-11-15-25(16-12-23)36-29(37)20-28(32(36)40)41-26-17-13-24(14-18-26)34-31(39)27(19-21-7-3-1-4-8-21)35-30(38)22-9-5-2-6-10-22/h1-19,28H,20H2,(H,34,39)(H,35,38)/b27-19-. The molecule has 204 valence electrons. The fraction of sp³-hybridized carbons (Fsp3) is 0.0625. The molecule has 2 N–H and O–H groups in total. The summed E-state index contributed by atoms with van der Waals surface area (Å²) in [4.78, 5) is 53.7. The van der Waals surface area contributed by atoms with E-state index in [0.717, 1.165) is 14.0 Å². The van der Waals surface area contributed by atoms with E-state index in [-0.39, 0.29) is 23.9 Å². The number of carbonyl (C=O) groups is 4. The normalized spacial score (nSPS) is 15.1. The van der Waals surface area contributed by atoms with E-state index < -0.39 is 17.1 Å². The summed E-state index contributed by atoms with van der Waals surface area (Å²) in [7, 11) is 0. The Morgan fingerprint density at radius 3 is 2.12 bits per heavy atom. The second kappa shape index (κ2) is 13.0. The van der Waals surface area contributed by atoms with Crippen molar-refractivity contribution in [1.29, 1.82) is 0 Å². The molecule has 4 aromatic carbocycles. The van der Waals surface area contributed by atoms with E-state index in [1.54, 1.807) is 66.7 Å². The Bertz CT molecular complexity index is 1610. The van der Waals surface area contributed by atoms with E-state index in [2.05, 4.69) is 33.2 Å². The van der Waals surface area contributed by atoms with Gasteiger partial charge in [-0.2, -0.15) is 0 Å². The molecule has 0 spiro atoms. The van der Waals surface area contributed by atoms with Gasteiger partial charge in [-0.25, -0.2) is 4.90 Å². The van der Waals surface area contributed by atoms with Gasteiger partial charge in [-0.1, -0.05) is 48.5 Å². The second-order valence-electron chi connectivity index (χ2n) is 9.12. The monoisotopic (exact) mass is 673 g/mol. The lowest BCUT2D eigenvalue weighted by Crippen LogP contribution is -2.31. The van der Waals surface area contributed by atoms with Crippen molar-refractivity contribution in [1.82, 2.24) is 5.32 Å². The highest BCUT2D eigenvalue weighted by Gasteiger charge is 2.40. The van der Waals surface area contributed by atoms with Gasteiger partial charge in [0.15, 0.2) is 0 Å². The predicted molar refractivity (Wildman–Crippen MR) is 169 cm³/mol. The molecule has 41 heavy (non-hydrogen) atoms. The quantitative estimate of drug-likeness (QED) is 0.134. The highest BCUT2D eigenvalue weighted by Crippen LogP contribution is 2.34. The van der Waals surface area contributed by atoms with E-state index in [4.69, 9.17) is 0 Å². The number of amides is 4. The van der Waals surface area contributed by atoms with Crippen LogP contribution in [0.2, 0.25) is 0 Å². The Kier molecular flexibility index (Phi) is 8.95. The number of hydrogen-bond donors (Lipinski definition) is 2. The number of halogens is 1. The van der Waals surface area contributed by atoms with Crippen molar-refractivity contribution in [2.75, 3.05) is 10.2 Å². The number of benzene rings is 4. The lowest BCUT2D eigenvalue weighted by molar-refractivity contribution is -0.121. The fourth-order valence-electron chi connectivity index (χ4n) is 4.20. The van der Waals surface area contributed by atoms with E-state index in [1.807, 2.05) is 48.5 Å². The van der Waals surface area contributed by atoms with Crippen LogP contribution in [0, 0.1) is 3.57 Å².